The lowest BCUT2D eigenvalue weighted by molar-refractivity contribution is -0.107. The van der Waals surface area contributed by atoms with Crippen LogP contribution in [-0.2, 0) is 4.79 Å². The highest BCUT2D eigenvalue weighted by atomic mass is 79.9. The molecule has 0 saturated heterocycles. The fraction of sp³-hybridized carbons (Fsp3) is 0.125. The van der Waals surface area contributed by atoms with E-state index in [1.165, 1.54) is 9.40 Å². The van der Waals surface area contributed by atoms with Crippen LogP contribution in [0.5, 0.6) is 0 Å². The molecule has 0 spiro atoms. The predicted octanol–water partition coefficient (Wildman–Crippen LogP) is 3.60. The zero-order valence-corrected chi connectivity index (χ0v) is 9.21. The second-order valence-electron chi connectivity index (χ2n) is 2.35. The summed E-state index contributed by atoms with van der Waals surface area (Å²) >= 11 is 6.69. The minimum Gasteiger partial charge on any atom is -0.302 e. The Balaban J connectivity index is 2.50. The summed E-state index contributed by atoms with van der Waals surface area (Å²) in [5.41, 5.74) is 0. The standard InChI is InChI=1S/C8H5BrOS2/c9-6(4-10)7-3-5-1-2-11-8(5)12-7/h1-4,6H. The number of aldehydes is 1. The van der Waals surface area contributed by atoms with Crippen LogP contribution >= 0.6 is 38.6 Å². The van der Waals surface area contributed by atoms with E-state index >= 15 is 0 Å². The van der Waals surface area contributed by atoms with Crippen molar-refractivity contribution in [2.45, 2.75) is 4.83 Å². The molecule has 0 radical (unpaired) electrons. The summed E-state index contributed by atoms with van der Waals surface area (Å²) in [6, 6.07) is 4.13. The lowest BCUT2D eigenvalue weighted by Gasteiger charge is -1.92. The van der Waals surface area contributed by atoms with Gasteiger partial charge in [-0.05, 0) is 17.5 Å². The maximum Gasteiger partial charge on any atom is 0.138 e. The quantitative estimate of drug-likeness (QED) is 0.596. The van der Waals surface area contributed by atoms with E-state index in [-0.39, 0.29) is 4.83 Å². The smallest absolute Gasteiger partial charge is 0.138 e. The van der Waals surface area contributed by atoms with Crippen molar-refractivity contribution in [2.75, 3.05) is 0 Å². The Labute approximate surface area is 86.2 Å². The molecule has 0 aliphatic carbocycles. The van der Waals surface area contributed by atoms with E-state index in [9.17, 15) is 4.79 Å². The monoisotopic (exact) mass is 260 g/mol. The van der Waals surface area contributed by atoms with Gasteiger partial charge in [0, 0.05) is 10.3 Å². The van der Waals surface area contributed by atoms with E-state index in [0.29, 0.717) is 0 Å². The van der Waals surface area contributed by atoms with Crippen LogP contribution in [0.3, 0.4) is 0 Å². The van der Waals surface area contributed by atoms with E-state index in [1.807, 2.05) is 0 Å². The molecular formula is C8H5BrOS2. The summed E-state index contributed by atoms with van der Waals surface area (Å²) < 4.78 is 1.29. The Morgan fingerprint density at radius 2 is 2.42 bits per heavy atom. The van der Waals surface area contributed by atoms with Gasteiger partial charge in [-0.25, -0.2) is 0 Å². The zero-order chi connectivity index (χ0) is 8.55. The third-order valence-corrected chi connectivity index (χ3v) is 4.86. The fourth-order valence-corrected chi connectivity index (χ4v) is 3.46. The highest BCUT2D eigenvalue weighted by Gasteiger charge is 2.09. The normalized spacial score (nSPS) is 13.4. The first-order valence-electron chi connectivity index (χ1n) is 3.37. The lowest BCUT2D eigenvalue weighted by Crippen LogP contribution is -1.83. The molecule has 1 atom stereocenters. The van der Waals surface area contributed by atoms with Gasteiger partial charge in [0.05, 0.1) is 4.01 Å². The molecule has 0 fully saturated rings. The van der Waals surface area contributed by atoms with Crippen LogP contribution in [0.15, 0.2) is 17.5 Å². The summed E-state index contributed by atoms with van der Waals surface area (Å²) in [6.07, 6.45) is 0.912. The average molecular weight is 261 g/mol. The van der Waals surface area contributed by atoms with E-state index in [4.69, 9.17) is 0 Å². The largest absolute Gasteiger partial charge is 0.302 e. The van der Waals surface area contributed by atoms with Crippen LogP contribution in [0.2, 0.25) is 0 Å². The number of hydrogen-bond donors (Lipinski definition) is 0. The van der Waals surface area contributed by atoms with Crippen molar-refractivity contribution < 1.29 is 4.79 Å². The lowest BCUT2D eigenvalue weighted by atomic mass is 10.3. The van der Waals surface area contributed by atoms with Gasteiger partial charge in [0.1, 0.15) is 11.1 Å². The number of hydrogen-bond acceptors (Lipinski definition) is 3. The number of fused-ring (bicyclic) bond motifs is 1. The molecule has 0 amide bonds. The molecule has 1 unspecified atom stereocenters. The van der Waals surface area contributed by atoms with Crippen LogP contribution in [0, 0.1) is 0 Å². The summed E-state index contributed by atoms with van der Waals surface area (Å²) in [7, 11) is 0. The second-order valence-corrected chi connectivity index (χ2v) is 5.59. The number of carbonyl (C=O) groups excluding carboxylic acids is 1. The second kappa shape index (κ2) is 3.28. The fourth-order valence-electron chi connectivity index (χ4n) is 0.988. The molecule has 12 heavy (non-hydrogen) atoms. The van der Waals surface area contributed by atoms with Crippen molar-refractivity contribution in [1.29, 1.82) is 0 Å². The summed E-state index contributed by atoms with van der Waals surface area (Å²) in [6.45, 7) is 0. The van der Waals surface area contributed by atoms with Gasteiger partial charge in [-0.3, -0.25) is 0 Å². The van der Waals surface area contributed by atoms with Crippen LogP contribution in [0.4, 0.5) is 0 Å². The third-order valence-electron chi connectivity index (χ3n) is 1.56. The van der Waals surface area contributed by atoms with Crippen molar-refractivity contribution in [3.8, 4) is 0 Å². The number of thiophene rings is 2. The van der Waals surface area contributed by atoms with Crippen molar-refractivity contribution >= 4 is 54.3 Å². The molecule has 0 aromatic carbocycles. The third kappa shape index (κ3) is 1.34. The molecule has 2 aromatic rings. The maximum absolute atomic E-state index is 10.5. The Hall–Kier alpha value is -0.190. The molecule has 0 bridgehead atoms. The minimum absolute atomic E-state index is 0.137. The predicted molar refractivity (Wildman–Crippen MR) is 57.4 cm³/mol. The van der Waals surface area contributed by atoms with Crippen molar-refractivity contribution in [2.24, 2.45) is 0 Å². The van der Waals surface area contributed by atoms with Gasteiger partial charge in [-0.1, -0.05) is 15.9 Å². The minimum atomic E-state index is -0.137. The first-order valence-corrected chi connectivity index (χ1v) is 5.99. The number of halogens is 1. The molecule has 0 N–H and O–H groups in total. The van der Waals surface area contributed by atoms with E-state index < -0.39 is 0 Å². The van der Waals surface area contributed by atoms with E-state index in [0.717, 1.165) is 11.2 Å². The van der Waals surface area contributed by atoms with E-state index in [1.54, 1.807) is 22.7 Å². The maximum atomic E-state index is 10.5. The molecule has 4 heteroatoms. The SMILES string of the molecule is O=CC(Br)c1cc2ccsc2s1. The molecular weight excluding hydrogens is 256 g/mol. The van der Waals surface area contributed by atoms with E-state index in [2.05, 4.69) is 33.4 Å². The first-order chi connectivity index (χ1) is 5.81. The van der Waals surface area contributed by atoms with Crippen LogP contribution < -0.4 is 0 Å². The van der Waals surface area contributed by atoms with Crippen molar-refractivity contribution in [3.05, 3.63) is 22.4 Å². The molecule has 62 valence electrons. The first kappa shape index (κ1) is 8.41. The summed E-state index contributed by atoms with van der Waals surface area (Å²) in [4.78, 5) is 11.4. The number of rotatable bonds is 2. The molecule has 2 aromatic heterocycles. The summed E-state index contributed by atoms with van der Waals surface area (Å²) in [5.74, 6) is 0. The van der Waals surface area contributed by atoms with Gasteiger partial charge < -0.3 is 4.79 Å². The van der Waals surface area contributed by atoms with Crippen LogP contribution in [0.1, 0.15) is 9.70 Å². The van der Waals surface area contributed by atoms with Gasteiger partial charge in [0.25, 0.3) is 0 Å². The number of alkyl halides is 1. The molecule has 0 aliphatic rings. The molecule has 1 nitrogen and oxygen atoms in total. The van der Waals surface area contributed by atoms with Gasteiger partial charge in [0.2, 0.25) is 0 Å². The van der Waals surface area contributed by atoms with Gasteiger partial charge in [-0.2, -0.15) is 0 Å². The topological polar surface area (TPSA) is 17.1 Å². The highest BCUT2D eigenvalue weighted by molar-refractivity contribution is 9.09. The Morgan fingerprint density at radius 3 is 3.08 bits per heavy atom. The van der Waals surface area contributed by atoms with Crippen molar-refractivity contribution in [3.63, 3.8) is 0 Å². The van der Waals surface area contributed by atoms with Crippen LogP contribution in [0.25, 0.3) is 9.40 Å². The zero-order valence-electron chi connectivity index (χ0n) is 5.99. The Kier molecular flexibility index (Phi) is 2.30. The molecule has 0 aliphatic heterocycles. The molecule has 0 saturated carbocycles. The van der Waals surface area contributed by atoms with Crippen molar-refractivity contribution in [1.82, 2.24) is 0 Å². The van der Waals surface area contributed by atoms with Crippen LogP contribution in [-0.4, -0.2) is 6.29 Å². The highest BCUT2D eigenvalue weighted by Crippen LogP contribution is 2.35. The average Bonchev–Trinajstić information content (AvgIpc) is 2.60. The Morgan fingerprint density at radius 1 is 1.58 bits per heavy atom. The van der Waals surface area contributed by atoms with Gasteiger partial charge >= 0.3 is 0 Å². The van der Waals surface area contributed by atoms with Gasteiger partial charge in [-0.15, -0.1) is 22.7 Å². The Bertz CT molecular complexity index is 375. The molecule has 2 heterocycles. The molecule has 2 rings (SSSR count). The van der Waals surface area contributed by atoms with Gasteiger partial charge in [0.15, 0.2) is 0 Å². The summed E-state index contributed by atoms with van der Waals surface area (Å²) in [5, 5.41) is 3.31. The number of carbonyl (C=O) groups is 1.